The number of aromatic carboxylic acids is 1. The van der Waals surface area contributed by atoms with Gasteiger partial charge >= 0.3 is 12.0 Å². The van der Waals surface area contributed by atoms with E-state index in [4.69, 9.17) is 5.11 Å². The molecule has 2 rings (SSSR count). The number of thiophene rings is 1. The van der Waals surface area contributed by atoms with Crippen LogP contribution in [-0.4, -0.2) is 58.9 Å². The molecule has 0 bridgehead atoms. The van der Waals surface area contributed by atoms with Gasteiger partial charge < -0.3 is 15.3 Å². The minimum atomic E-state index is -1.08. The first-order valence-corrected chi connectivity index (χ1v) is 6.38. The molecule has 1 aromatic rings. The number of likely N-dealkylation sites (N-methyl/N-ethyl adjacent to an activating group) is 1. The van der Waals surface area contributed by atoms with E-state index in [2.05, 4.69) is 5.32 Å². The lowest BCUT2D eigenvalue weighted by molar-refractivity contribution is -0.129. The highest BCUT2D eigenvalue weighted by molar-refractivity contribution is 7.18. The Morgan fingerprint density at radius 1 is 1.40 bits per heavy atom. The summed E-state index contributed by atoms with van der Waals surface area (Å²) in [6.45, 7) is -0.434. The summed E-state index contributed by atoms with van der Waals surface area (Å²) in [6.07, 6.45) is 0. The van der Waals surface area contributed by atoms with Crippen LogP contribution >= 0.6 is 11.3 Å². The minimum absolute atomic E-state index is 0.0473. The average Bonchev–Trinajstić information content (AvgIpc) is 2.91. The number of nitrogens with one attached hydrogen (secondary N) is 1. The van der Waals surface area contributed by atoms with Gasteiger partial charge in [0.05, 0.1) is 5.00 Å². The number of carbonyl (C=O) groups excluding carboxylic acids is 3. The van der Waals surface area contributed by atoms with Crippen molar-refractivity contribution >= 4 is 40.2 Å². The van der Waals surface area contributed by atoms with Crippen molar-refractivity contribution in [2.24, 2.45) is 0 Å². The topological polar surface area (TPSA) is 107 Å². The van der Waals surface area contributed by atoms with Crippen molar-refractivity contribution in [3.63, 3.8) is 0 Å². The highest BCUT2D eigenvalue weighted by atomic mass is 32.1. The van der Waals surface area contributed by atoms with Crippen LogP contribution in [0.4, 0.5) is 9.80 Å². The first-order chi connectivity index (χ1) is 9.38. The molecule has 1 aliphatic heterocycles. The maximum atomic E-state index is 11.7. The van der Waals surface area contributed by atoms with Crippen molar-refractivity contribution in [2.75, 3.05) is 25.5 Å². The van der Waals surface area contributed by atoms with Crippen LogP contribution in [0.2, 0.25) is 0 Å². The fourth-order valence-electron chi connectivity index (χ4n) is 1.66. The molecule has 2 N–H and O–H groups in total. The van der Waals surface area contributed by atoms with Gasteiger partial charge in [-0.05, 0) is 12.1 Å². The summed E-state index contributed by atoms with van der Waals surface area (Å²) in [5.74, 6) is -2.08. The van der Waals surface area contributed by atoms with Crippen molar-refractivity contribution in [2.45, 2.75) is 0 Å². The zero-order chi connectivity index (χ0) is 14.9. The monoisotopic (exact) mass is 297 g/mol. The van der Waals surface area contributed by atoms with Gasteiger partial charge in [0.1, 0.15) is 18.0 Å². The third-order valence-electron chi connectivity index (χ3n) is 2.61. The maximum absolute atomic E-state index is 11.7. The number of amides is 4. The highest BCUT2D eigenvalue weighted by Crippen LogP contribution is 2.21. The van der Waals surface area contributed by atoms with Crippen molar-refractivity contribution in [1.82, 2.24) is 9.80 Å². The van der Waals surface area contributed by atoms with E-state index in [0.29, 0.717) is 5.00 Å². The van der Waals surface area contributed by atoms with Crippen molar-refractivity contribution in [3.05, 3.63) is 17.0 Å². The molecule has 1 aliphatic rings. The average molecular weight is 297 g/mol. The molecule has 0 aromatic carbocycles. The van der Waals surface area contributed by atoms with Gasteiger partial charge in [-0.25, -0.2) is 9.59 Å². The molecule has 106 valence electrons. The Labute approximate surface area is 117 Å². The second-order valence-corrected chi connectivity index (χ2v) is 5.22. The smallest absolute Gasteiger partial charge is 0.345 e. The first-order valence-electron chi connectivity index (χ1n) is 5.57. The molecule has 0 spiro atoms. The largest absolute Gasteiger partial charge is 0.477 e. The standard InChI is InChI=1S/C11H11N3O5S/c1-13-5-9(16)14(11(13)19)4-7(15)12-8-3-2-6(20-8)10(17)18/h2-3H,4-5H2,1H3,(H,12,15)(H,17,18). The molecule has 0 saturated carbocycles. The number of rotatable bonds is 4. The second-order valence-electron chi connectivity index (χ2n) is 4.14. The Morgan fingerprint density at radius 2 is 2.10 bits per heavy atom. The molecule has 0 atom stereocenters. The molecule has 2 heterocycles. The van der Waals surface area contributed by atoms with Crippen LogP contribution in [0.25, 0.3) is 0 Å². The van der Waals surface area contributed by atoms with Crippen molar-refractivity contribution in [1.29, 1.82) is 0 Å². The summed E-state index contributed by atoms with van der Waals surface area (Å²) in [5.41, 5.74) is 0. The Balaban J connectivity index is 1.97. The van der Waals surface area contributed by atoms with Gasteiger partial charge in [0.15, 0.2) is 0 Å². The number of carboxylic acid groups (broad SMARTS) is 1. The zero-order valence-corrected chi connectivity index (χ0v) is 11.3. The molecule has 4 amide bonds. The fourth-order valence-corrected chi connectivity index (χ4v) is 2.43. The molecule has 8 nitrogen and oxygen atoms in total. The lowest BCUT2D eigenvalue weighted by Crippen LogP contribution is -2.38. The quantitative estimate of drug-likeness (QED) is 0.776. The first kappa shape index (κ1) is 14.0. The van der Waals surface area contributed by atoms with Crippen LogP contribution in [0.5, 0.6) is 0 Å². The number of carboxylic acids is 1. The van der Waals surface area contributed by atoms with E-state index in [1.807, 2.05) is 0 Å². The number of imide groups is 1. The van der Waals surface area contributed by atoms with Crippen LogP contribution < -0.4 is 5.32 Å². The van der Waals surface area contributed by atoms with Gasteiger partial charge in [-0.1, -0.05) is 0 Å². The summed E-state index contributed by atoms with van der Waals surface area (Å²) in [5, 5.41) is 11.6. The number of hydrogen-bond donors (Lipinski definition) is 2. The summed E-state index contributed by atoms with van der Waals surface area (Å²) in [4.78, 5) is 47.6. The van der Waals surface area contributed by atoms with Crippen LogP contribution in [-0.2, 0) is 9.59 Å². The second kappa shape index (κ2) is 5.29. The molecule has 1 fully saturated rings. The summed E-state index contributed by atoms with van der Waals surface area (Å²) >= 11 is 0.899. The number of hydrogen-bond acceptors (Lipinski definition) is 5. The molecule has 1 saturated heterocycles. The lowest BCUT2D eigenvalue weighted by Gasteiger charge is -2.13. The van der Waals surface area contributed by atoms with E-state index in [-0.39, 0.29) is 18.0 Å². The number of nitrogens with zero attached hydrogens (tertiary/aromatic N) is 2. The third-order valence-corrected chi connectivity index (χ3v) is 3.60. The Bertz CT molecular complexity index is 597. The Kier molecular flexibility index (Phi) is 3.70. The van der Waals surface area contributed by atoms with E-state index in [1.54, 1.807) is 0 Å². The van der Waals surface area contributed by atoms with Crippen LogP contribution in [0.1, 0.15) is 9.67 Å². The lowest BCUT2D eigenvalue weighted by atomic mass is 10.4. The molecule has 1 aromatic heterocycles. The normalized spacial score (nSPS) is 14.8. The summed E-state index contributed by atoms with van der Waals surface area (Å²) in [7, 11) is 1.47. The number of urea groups is 1. The van der Waals surface area contributed by atoms with E-state index in [9.17, 15) is 19.2 Å². The molecular weight excluding hydrogens is 286 g/mol. The predicted octanol–water partition coefficient (Wildman–Crippen LogP) is 0.279. The van der Waals surface area contributed by atoms with E-state index in [1.165, 1.54) is 24.1 Å². The minimum Gasteiger partial charge on any atom is -0.477 e. The Morgan fingerprint density at radius 3 is 2.60 bits per heavy atom. The summed E-state index contributed by atoms with van der Waals surface area (Å²) in [6, 6.07) is 2.29. The van der Waals surface area contributed by atoms with E-state index < -0.39 is 23.8 Å². The van der Waals surface area contributed by atoms with Crippen LogP contribution in [0.3, 0.4) is 0 Å². The van der Waals surface area contributed by atoms with Crippen LogP contribution in [0.15, 0.2) is 12.1 Å². The van der Waals surface area contributed by atoms with E-state index in [0.717, 1.165) is 16.2 Å². The molecule has 0 radical (unpaired) electrons. The van der Waals surface area contributed by atoms with Gasteiger partial charge in [-0.2, -0.15) is 0 Å². The van der Waals surface area contributed by atoms with Gasteiger partial charge in [0.2, 0.25) is 5.91 Å². The van der Waals surface area contributed by atoms with Gasteiger partial charge in [-0.15, -0.1) is 11.3 Å². The van der Waals surface area contributed by atoms with Crippen LogP contribution in [0, 0.1) is 0 Å². The maximum Gasteiger partial charge on any atom is 0.345 e. The van der Waals surface area contributed by atoms with E-state index >= 15 is 0 Å². The number of anilines is 1. The summed E-state index contributed by atoms with van der Waals surface area (Å²) < 4.78 is 0. The molecule has 0 unspecified atom stereocenters. The highest BCUT2D eigenvalue weighted by Gasteiger charge is 2.34. The molecular formula is C11H11N3O5S. The molecule has 0 aliphatic carbocycles. The van der Waals surface area contributed by atoms with Gasteiger partial charge in [0, 0.05) is 7.05 Å². The van der Waals surface area contributed by atoms with Gasteiger partial charge in [0.25, 0.3) is 5.91 Å². The van der Waals surface area contributed by atoms with Crippen molar-refractivity contribution < 1.29 is 24.3 Å². The molecule has 20 heavy (non-hydrogen) atoms. The third kappa shape index (κ3) is 2.77. The SMILES string of the molecule is CN1CC(=O)N(CC(=O)Nc2ccc(C(=O)O)s2)C1=O. The predicted molar refractivity (Wildman–Crippen MR) is 69.6 cm³/mol. The zero-order valence-electron chi connectivity index (χ0n) is 10.5. The van der Waals surface area contributed by atoms with Gasteiger partial charge in [-0.3, -0.25) is 14.5 Å². The Hall–Kier alpha value is -2.42. The number of carbonyl (C=O) groups is 4. The fraction of sp³-hybridized carbons (Fsp3) is 0.273. The van der Waals surface area contributed by atoms with Crippen molar-refractivity contribution in [3.8, 4) is 0 Å². The molecule has 9 heteroatoms.